The predicted molar refractivity (Wildman–Crippen MR) is 114 cm³/mol. The molecule has 1 aliphatic heterocycles. The highest BCUT2D eigenvalue weighted by atomic mass is 35.5. The molecular weight excluding hydrogens is 413 g/mol. The molecule has 3 rings (SSSR count). The highest BCUT2D eigenvalue weighted by Crippen LogP contribution is 2.24. The molecule has 0 aliphatic carbocycles. The van der Waals surface area contributed by atoms with Gasteiger partial charge >= 0.3 is 0 Å². The summed E-state index contributed by atoms with van der Waals surface area (Å²) in [5.41, 5.74) is 1.43. The van der Waals surface area contributed by atoms with E-state index in [9.17, 15) is 14.4 Å². The molecule has 3 amide bonds. The van der Waals surface area contributed by atoms with Gasteiger partial charge in [-0.05, 0) is 49.2 Å². The molecule has 1 aliphatic rings. The van der Waals surface area contributed by atoms with Crippen LogP contribution in [-0.2, 0) is 4.79 Å². The first kappa shape index (κ1) is 21.1. The summed E-state index contributed by atoms with van der Waals surface area (Å²) in [6.07, 6.45) is 1.28. The third kappa shape index (κ3) is 5.49. The first-order chi connectivity index (χ1) is 13.8. The minimum absolute atomic E-state index is 0.0363. The number of anilines is 1. The lowest BCUT2D eigenvalue weighted by atomic mass is 10.0. The first-order valence-corrected chi connectivity index (χ1v) is 10.0. The minimum atomic E-state index is -0.208. The lowest BCUT2D eigenvalue weighted by molar-refractivity contribution is -0.114. The van der Waals surface area contributed by atoms with E-state index in [-0.39, 0.29) is 23.8 Å². The number of rotatable bonds is 4. The van der Waals surface area contributed by atoms with E-state index in [1.165, 1.54) is 6.92 Å². The molecule has 2 N–H and O–H groups in total. The minimum Gasteiger partial charge on any atom is -0.349 e. The van der Waals surface area contributed by atoms with Crippen molar-refractivity contribution in [3.05, 3.63) is 63.6 Å². The van der Waals surface area contributed by atoms with Crippen LogP contribution in [0.3, 0.4) is 0 Å². The fourth-order valence-electron chi connectivity index (χ4n) is 3.27. The smallest absolute Gasteiger partial charge is 0.255 e. The molecule has 1 fully saturated rings. The largest absolute Gasteiger partial charge is 0.349 e. The molecule has 6 nitrogen and oxygen atoms in total. The summed E-state index contributed by atoms with van der Waals surface area (Å²) >= 11 is 12.1. The molecule has 0 bridgehead atoms. The summed E-state index contributed by atoms with van der Waals surface area (Å²) in [7, 11) is 0. The van der Waals surface area contributed by atoms with E-state index >= 15 is 0 Å². The van der Waals surface area contributed by atoms with Crippen LogP contribution < -0.4 is 10.6 Å². The van der Waals surface area contributed by atoms with Crippen LogP contribution in [0.15, 0.2) is 42.5 Å². The average molecular weight is 434 g/mol. The van der Waals surface area contributed by atoms with E-state index in [1.54, 1.807) is 47.4 Å². The summed E-state index contributed by atoms with van der Waals surface area (Å²) < 4.78 is 0. The van der Waals surface area contributed by atoms with Crippen LogP contribution in [0, 0.1) is 0 Å². The van der Waals surface area contributed by atoms with Gasteiger partial charge in [-0.2, -0.15) is 0 Å². The number of amides is 3. The van der Waals surface area contributed by atoms with Crippen LogP contribution in [0.4, 0.5) is 5.69 Å². The highest BCUT2D eigenvalue weighted by molar-refractivity contribution is 6.35. The lowest BCUT2D eigenvalue weighted by Crippen LogP contribution is -2.46. The molecule has 29 heavy (non-hydrogen) atoms. The second-order valence-electron chi connectivity index (χ2n) is 6.93. The maximum atomic E-state index is 12.7. The number of likely N-dealkylation sites (tertiary alicyclic amines) is 1. The van der Waals surface area contributed by atoms with E-state index in [0.717, 1.165) is 0 Å². The Labute approximate surface area is 179 Å². The van der Waals surface area contributed by atoms with E-state index in [0.29, 0.717) is 52.8 Å². The molecule has 0 radical (unpaired) electrons. The molecule has 0 saturated carbocycles. The zero-order valence-corrected chi connectivity index (χ0v) is 17.4. The molecule has 0 spiro atoms. The molecule has 0 unspecified atom stereocenters. The first-order valence-electron chi connectivity index (χ1n) is 9.26. The number of nitrogens with one attached hydrogen (secondary N) is 2. The second-order valence-corrected chi connectivity index (χ2v) is 7.77. The van der Waals surface area contributed by atoms with E-state index in [2.05, 4.69) is 10.6 Å². The van der Waals surface area contributed by atoms with Crippen molar-refractivity contribution in [1.29, 1.82) is 0 Å². The number of carbonyl (C=O) groups excluding carboxylic acids is 3. The van der Waals surface area contributed by atoms with E-state index in [4.69, 9.17) is 23.2 Å². The van der Waals surface area contributed by atoms with Crippen LogP contribution in [0.25, 0.3) is 0 Å². The fraction of sp³-hybridized carbons (Fsp3) is 0.286. The summed E-state index contributed by atoms with van der Waals surface area (Å²) in [5, 5.41) is 6.49. The van der Waals surface area contributed by atoms with Gasteiger partial charge in [-0.25, -0.2) is 0 Å². The quantitative estimate of drug-likeness (QED) is 0.764. The Kier molecular flexibility index (Phi) is 6.77. The molecular formula is C21H21Cl2N3O3. The molecule has 1 saturated heterocycles. The molecule has 0 atom stereocenters. The number of halogens is 2. The van der Waals surface area contributed by atoms with Gasteiger partial charge in [0.15, 0.2) is 0 Å². The van der Waals surface area contributed by atoms with Gasteiger partial charge in [-0.3, -0.25) is 14.4 Å². The fourth-order valence-corrected chi connectivity index (χ4v) is 3.64. The maximum Gasteiger partial charge on any atom is 0.255 e. The predicted octanol–water partition coefficient (Wildman–Crippen LogP) is 3.99. The SMILES string of the molecule is CC(=O)Nc1cccc(C(=O)NC2CCN(C(=O)c3cc(Cl)ccc3Cl)CC2)c1. The standard InChI is InChI=1S/C21H21Cl2N3O3/c1-13(27)24-17-4-2-3-14(11-17)20(28)25-16-7-9-26(10-8-16)21(29)18-12-15(22)5-6-19(18)23/h2-6,11-12,16H,7-10H2,1H3,(H,24,27)(H,25,28). The monoisotopic (exact) mass is 433 g/mol. The highest BCUT2D eigenvalue weighted by Gasteiger charge is 2.26. The average Bonchev–Trinajstić information content (AvgIpc) is 2.69. The van der Waals surface area contributed by atoms with Crippen LogP contribution in [0.5, 0.6) is 0 Å². The van der Waals surface area contributed by atoms with Crippen molar-refractivity contribution in [3.63, 3.8) is 0 Å². The molecule has 1 heterocycles. The summed E-state index contributed by atoms with van der Waals surface area (Å²) in [5.74, 6) is -0.565. The van der Waals surface area contributed by atoms with E-state index < -0.39 is 0 Å². The van der Waals surface area contributed by atoms with Crippen molar-refractivity contribution in [2.24, 2.45) is 0 Å². The Morgan fingerprint density at radius 3 is 2.45 bits per heavy atom. The Hall–Kier alpha value is -2.57. The number of carbonyl (C=O) groups is 3. The molecule has 2 aromatic carbocycles. The van der Waals surface area contributed by atoms with Gasteiger partial charge in [-0.1, -0.05) is 29.3 Å². The third-order valence-electron chi connectivity index (χ3n) is 4.72. The van der Waals surface area contributed by atoms with E-state index in [1.807, 2.05) is 0 Å². The number of benzene rings is 2. The van der Waals surface area contributed by atoms with Gasteiger partial charge in [0.05, 0.1) is 10.6 Å². The van der Waals surface area contributed by atoms with Crippen molar-refractivity contribution < 1.29 is 14.4 Å². The van der Waals surface area contributed by atoms with Crippen LogP contribution in [-0.4, -0.2) is 41.8 Å². The zero-order valence-electron chi connectivity index (χ0n) is 15.9. The van der Waals surface area contributed by atoms with Gasteiger partial charge < -0.3 is 15.5 Å². The number of nitrogens with zero attached hydrogens (tertiary/aromatic N) is 1. The Bertz CT molecular complexity index is 941. The molecule has 8 heteroatoms. The summed E-state index contributed by atoms with van der Waals surface area (Å²) in [4.78, 5) is 38.1. The molecule has 2 aromatic rings. The Morgan fingerprint density at radius 1 is 1.03 bits per heavy atom. The van der Waals surface area contributed by atoms with Gasteiger partial charge in [0.2, 0.25) is 5.91 Å². The lowest BCUT2D eigenvalue weighted by Gasteiger charge is -2.32. The summed E-state index contributed by atoms with van der Waals surface area (Å²) in [6.45, 7) is 2.44. The Balaban J connectivity index is 1.57. The van der Waals surface area contributed by atoms with Crippen molar-refractivity contribution >= 4 is 46.6 Å². The third-order valence-corrected chi connectivity index (χ3v) is 5.29. The van der Waals surface area contributed by atoms with Crippen LogP contribution in [0.1, 0.15) is 40.5 Å². The molecule has 0 aromatic heterocycles. The van der Waals surface area contributed by atoms with Gasteiger partial charge in [-0.15, -0.1) is 0 Å². The number of hydrogen-bond donors (Lipinski definition) is 2. The van der Waals surface area contributed by atoms with Crippen molar-refractivity contribution in [1.82, 2.24) is 10.2 Å². The molecule has 152 valence electrons. The zero-order chi connectivity index (χ0) is 21.0. The normalized spacial score (nSPS) is 14.4. The van der Waals surface area contributed by atoms with Crippen LogP contribution >= 0.6 is 23.2 Å². The number of hydrogen-bond acceptors (Lipinski definition) is 3. The topological polar surface area (TPSA) is 78.5 Å². The van der Waals surface area contributed by atoms with Crippen molar-refractivity contribution in [2.45, 2.75) is 25.8 Å². The maximum absolute atomic E-state index is 12.7. The van der Waals surface area contributed by atoms with Crippen LogP contribution in [0.2, 0.25) is 10.0 Å². The van der Waals surface area contributed by atoms with Crippen molar-refractivity contribution in [2.75, 3.05) is 18.4 Å². The number of piperidine rings is 1. The second kappa shape index (κ2) is 9.29. The van der Waals surface area contributed by atoms with Gasteiger partial charge in [0.25, 0.3) is 11.8 Å². The Morgan fingerprint density at radius 2 is 1.76 bits per heavy atom. The van der Waals surface area contributed by atoms with Gasteiger partial charge in [0, 0.05) is 42.3 Å². The van der Waals surface area contributed by atoms with Gasteiger partial charge in [0.1, 0.15) is 0 Å². The summed E-state index contributed by atoms with van der Waals surface area (Å²) in [6, 6.07) is 11.6. The van der Waals surface area contributed by atoms with Crippen molar-refractivity contribution in [3.8, 4) is 0 Å².